The minimum Gasteiger partial charge on any atom is -0.456 e. The molecule has 2 aromatic rings. The van der Waals surface area contributed by atoms with Crippen LogP contribution < -0.4 is 0 Å². The van der Waals surface area contributed by atoms with E-state index in [0.29, 0.717) is 16.7 Å². The molecule has 9 nitrogen and oxygen atoms in total. The van der Waals surface area contributed by atoms with Gasteiger partial charge in [0.2, 0.25) is 5.91 Å². The molecule has 0 radical (unpaired) electrons. The van der Waals surface area contributed by atoms with Crippen molar-refractivity contribution in [2.24, 2.45) is 11.8 Å². The van der Waals surface area contributed by atoms with E-state index in [1.54, 1.807) is 29.2 Å². The van der Waals surface area contributed by atoms with Gasteiger partial charge in [0, 0.05) is 23.6 Å². The second-order valence-electron chi connectivity index (χ2n) is 11.0. The number of amides is 1. The fourth-order valence-electron chi connectivity index (χ4n) is 6.21. The fraction of sp³-hybridized carbons (Fsp3) is 0.452. The number of non-ortho nitro benzene ring substituents is 1. The summed E-state index contributed by atoms with van der Waals surface area (Å²) in [5.74, 6) is -1.41. The van der Waals surface area contributed by atoms with Crippen molar-refractivity contribution in [3.8, 4) is 0 Å². The first kappa shape index (κ1) is 30.3. The highest BCUT2D eigenvalue weighted by Crippen LogP contribution is 2.51. The summed E-state index contributed by atoms with van der Waals surface area (Å²) in [6.45, 7) is 11.8. The van der Waals surface area contributed by atoms with Gasteiger partial charge in [-0.25, -0.2) is 4.79 Å². The monoisotopic (exact) mass is 578 g/mol. The minimum absolute atomic E-state index is 0.0543. The maximum atomic E-state index is 13.7. The number of carbonyl (C=O) groups is 3. The molecule has 0 spiro atoms. The molecule has 218 valence electrons. The summed E-state index contributed by atoms with van der Waals surface area (Å²) in [6, 6.07) is 15.5. The van der Waals surface area contributed by atoms with Crippen molar-refractivity contribution in [3.05, 3.63) is 81.0 Å². The van der Waals surface area contributed by atoms with Gasteiger partial charge in [0.15, 0.2) is 14.1 Å². The van der Waals surface area contributed by atoms with Crippen LogP contribution >= 0.6 is 0 Å². The molecule has 0 N–H and O–H groups in total. The van der Waals surface area contributed by atoms with E-state index in [2.05, 4.69) is 20.8 Å². The molecular weight excluding hydrogens is 540 g/mol. The lowest BCUT2D eigenvalue weighted by Gasteiger charge is -2.49. The fourth-order valence-corrected chi connectivity index (χ4v) is 9.15. The van der Waals surface area contributed by atoms with Crippen molar-refractivity contribution in [1.82, 2.24) is 4.90 Å². The molecule has 4 rings (SSSR count). The zero-order valence-corrected chi connectivity index (χ0v) is 25.5. The number of rotatable bonds is 12. The number of benzene rings is 2. The number of hydrogen-bond donors (Lipinski definition) is 0. The van der Waals surface area contributed by atoms with Gasteiger partial charge in [0.1, 0.15) is 12.3 Å². The Hall–Kier alpha value is -3.63. The number of β-lactam (4-membered cyclic amide) rings is 1. The largest absolute Gasteiger partial charge is 0.456 e. The SMILES string of the molecule is CC[Si](CC)(CC)OC(C)[C@H]1C(=O)N2C(C(=O)OCc3ccc([N+](=O)[O-])cc3)=C(c3ccc(C(C)=O)cc3)[C@H](C)[C@H]12. The molecule has 2 heterocycles. The highest BCUT2D eigenvalue weighted by Gasteiger charge is 2.61. The average molecular weight is 579 g/mol. The summed E-state index contributed by atoms with van der Waals surface area (Å²) >= 11 is 0. The molecule has 4 atom stereocenters. The second kappa shape index (κ2) is 12.1. The van der Waals surface area contributed by atoms with Crippen LogP contribution in [-0.2, 0) is 25.4 Å². The number of carbonyl (C=O) groups excluding carboxylic acids is 3. The predicted octanol–water partition coefficient (Wildman–Crippen LogP) is 6.14. The van der Waals surface area contributed by atoms with Crippen molar-refractivity contribution in [2.45, 2.75) is 78.4 Å². The Balaban J connectivity index is 1.65. The van der Waals surface area contributed by atoms with E-state index in [4.69, 9.17) is 9.16 Å². The van der Waals surface area contributed by atoms with E-state index in [9.17, 15) is 24.5 Å². The lowest BCUT2D eigenvalue weighted by molar-refractivity contribution is -0.384. The first-order chi connectivity index (χ1) is 19.5. The molecule has 0 aromatic heterocycles. The molecule has 41 heavy (non-hydrogen) atoms. The van der Waals surface area contributed by atoms with Crippen LogP contribution in [0, 0.1) is 22.0 Å². The number of hydrogen-bond acceptors (Lipinski definition) is 7. The van der Waals surface area contributed by atoms with E-state index >= 15 is 0 Å². The van der Waals surface area contributed by atoms with E-state index in [1.807, 2.05) is 13.8 Å². The zero-order valence-electron chi connectivity index (χ0n) is 24.5. The van der Waals surface area contributed by atoms with E-state index in [0.717, 1.165) is 23.7 Å². The molecule has 2 aromatic carbocycles. The first-order valence-electron chi connectivity index (χ1n) is 14.2. The van der Waals surface area contributed by atoms with Gasteiger partial charge in [-0.3, -0.25) is 19.7 Å². The van der Waals surface area contributed by atoms with Crippen LogP contribution in [0.4, 0.5) is 5.69 Å². The summed E-state index contributed by atoms with van der Waals surface area (Å²) in [6.07, 6.45) is -0.283. The van der Waals surface area contributed by atoms with Gasteiger partial charge < -0.3 is 14.1 Å². The Morgan fingerprint density at radius 2 is 1.61 bits per heavy atom. The van der Waals surface area contributed by atoms with Crippen LogP contribution in [-0.4, -0.2) is 47.9 Å². The van der Waals surface area contributed by atoms with E-state index in [-0.39, 0.29) is 53.7 Å². The molecule has 1 amide bonds. The second-order valence-corrected chi connectivity index (χ2v) is 15.7. The van der Waals surface area contributed by atoms with Crippen LogP contribution in [0.25, 0.3) is 5.57 Å². The summed E-state index contributed by atoms with van der Waals surface area (Å²) in [5.41, 5.74) is 2.75. The Morgan fingerprint density at radius 3 is 2.12 bits per heavy atom. The number of ketones is 1. The molecule has 1 fully saturated rings. The molecule has 0 bridgehead atoms. The van der Waals surface area contributed by atoms with Gasteiger partial charge in [0.25, 0.3) is 5.69 Å². The number of esters is 1. The van der Waals surface area contributed by atoms with Gasteiger partial charge in [0.05, 0.1) is 23.0 Å². The van der Waals surface area contributed by atoms with Gasteiger partial charge in [-0.1, -0.05) is 52.0 Å². The Kier molecular flexibility index (Phi) is 8.94. The van der Waals surface area contributed by atoms with Gasteiger partial charge in [-0.15, -0.1) is 0 Å². The predicted molar refractivity (Wildman–Crippen MR) is 157 cm³/mol. The van der Waals surface area contributed by atoms with Crippen LogP contribution in [0.15, 0.2) is 54.2 Å². The van der Waals surface area contributed by atoms with E-state index < -0.39 is 19.2 Å². The lowest BCUT2D eigenvalue weighted by atomic mass is 9.77. The molecule has 1 saturated heterocycles. The van der Waals surface area contributed by atoms with E-state index in [1.165, 1.54) is 31.2 Å². The van der Waals surface area contributed by atoms with Crippen molar-refractivity contribution in [3.63, 3.8) is 0 Å². The third kappa shape index (κ3) is 5.63. The number of ether oxygens (including phenoxy) is 1. The normalized spacial score (nSPS) is 20.9. The highest BCUT2D eigenvalue weighted by molar-refractivity contribution is 6.73. The van der Waals surface area contributed by atoms with Gasteiger partial charge in [-0.2, -0.15) is 0 Å². The minimum atomic E-state index is -1.97. The highest BCUT2D eigenvalue weighted by atomic mass is 28.4. The van der Waals surface area contributed by atoms with Crippen LogP contribution in [0.3, 0.4) is 0 Å². The lowest BCUT2D eigenvalue weighted by Crippen LogP contribution is -2.65. The van der Waals surface area contributed by atoms with Crippen LogP contribution in [0.5, 0.6) is 0 Å². The number of Topliss-reactive ketones (excluding diaryl/α,β-unsaturated/α-hetero) is 1. The average Bonchev–Trinajstić information content (AvgIpc) is 3.23. The maximum Gasteiger partial charge on any atom is 0.355 e. The van der Waals surface area contributed by atoms with Crippen molar-refractivity contribution in [1.29, 1.82) is 0 Å². The van der Waals surface area contributed by atoms with Crippen molar-refractivity contribution < 1.29 is 28.5 Å². The third-order valence-corrected chi connectivity index (χ3v) is 13.6. The number of fused-ring (bicyclic) bond motifs is 1. The third-order valence-electron chi connectivity index (χ3n) is 8.84. The summed E-state index contributed by atoms with van der Waals surface area (Å²) < 4.78 is 12.4. The van der Waals surface area contributed by atoms with Crippen LogP contribution in [0.1, 0.15) is 63.0 Å². The molecule has 10 heteroatoms. The van der Waals surface area contributed by atoms with Crippen molar-refractivity contribution >= 4 is 37.2 Å². The molecule has 0 aliphatic carbocycles. The van der Waals surface area contributed by atoms with Gasteiger partial charge in [-0.05, 0) is 60.8 Å². The summed E-state index contributed by atoms with van der Waals surface area (Å²) in [7, 11) is -1.97. The van der Waals surface area contributed by atoms with Crippen LogP contribution in [0.2, 0.25) is 18.1 Å². The molecule has 2 aliphatic rings. The number of nitro groups is 1. The standard InChI is InChI=1S/C31H38N2O7Si/c1-7-41(8-2,9-3)40-21(6)27-28-19(4)26(24-14-12-23(13-15-24)20(5)34)29(32(28)30(27)35)31(36)39-18-22-10-16-25(17-11-22)33(37)38/h10-17,19,21,27-28H,7-9,18H2,1-6H3/t19-,21?,27+,28+/m0/s1. The zero-order chi connectivity index (χ0) is 30.1. The molecule has 2 aliphatic heterocycles. The summed E-state index contributed by atoms with van der Waals surface area (Å²) in [5, 5.41) is 11.0. The number of nitro benzene ring substituents is 1. The maximum absolute atomic E-state index is 13.7. The first-order valence-corrected chi connectivity index (χ1v) is 16.8. The Labute approximate surface area is 241 Å². The Morgan fingerprint density at radius 1 is 1.02 bits per heavy atom. The smallest absolute Gasteiger partial charge is 0.355 e. The quantitative estimate of drug-likeness (QED) is 0.0742. The molecular formula is C31H38N2O7Si. The molecule has 1 unspecified atom stereocenters. The van der Waals surface area contributed by atoms with Crippen molar-refractivity contribution in [2.75, 3.05) is 0 Å². The molecule has 0 saturated carbocycles. The Bertz CT molecular complexity index is 1360. The summed E-state index contributed by atoms with van der Waals surface area (Å²) in [4.78, 5) is 51.2. The van der Waals surface area contributed by atoms with Gasteiger partial charge >= 0.3 is 5.97 Å². The topological polar surface area (TPSA) is 116 Å². The number of nitrogens with zero attached hydrogens (tertiary/aromatic N) is 2.